The van der Waals surface area contributed by atoms with Gasteiger partial charge in [0.2, 0.25) is 0 Å². The van der Waals surface area contributed by atoms with Gasteiger partial charge >= 0.3 is 5.97 Å². The number of nitrogens with one attached hydrogen (secondary N) is 1. The second-order valence-corrected chi connectivity index (χ2v) is 9.20. The van der Waals surface area contributed by atoms with Gasteiger partial charge in [0, 0.05) is 39.4 Å². The van der Waals surface area contributed by atoms with E-state index in [1.165, 1.54) is 7.11 Å². The number of nitrogens with zero attached hydrogens (tertiary/aromatic N) is 4. The summed E-state index contributed by atoms with van der Waals surface area (Å²) in [6.45, 7) is 6.59. The number of aromatic nitrogens is 3. The fourth-order valence-corrected chi connectivity index (χ4v) is 4.44. The lowest BCUT2D eigenvalue weighted by molar-refractivity contribution is -0.146. The van der Waals surface area contributed by atoms with Gasteiger partial charge in [-0.15, -0.1) is 5.10 Å². The van der Waals surface area contributed by atoms with Crippen molar-refractivity contribution in [2.24, 2.45) is 11.8 Å². The van der Waals surface area contributed by atoms with Crippen LogP contribution in [0, 0.1) is 11.8 Å². The number of unbranched alkanes of at least 4 members (excludes halogenated alkanes) is 1. The SMILES string of the molecule is COCCCCc1c(C(=O)N(CC(C)C)[C@@H]2CNC[C@H](C(=O)OC)C2)nnn1-c1ccccc1. The molecule has 3 rings (SSSR count). The Balaban J connectivity index is 1.92. The van der Waals surface area contributed by atoms with E-state index in [-0.39, 0.29) is 29.8 Å². The van der Waals surface area contributed by atoms with Crippen LogP contribution in [0.5, 0.6) is 0 Å². The minimum Gasteiger partial charge on any atom is -0.469 e. The van der Waals surface area contributed by atoms with Gasteiger partial charge in [0.1, 0.15) is 0 Å². The number of hydrogen-bond donors (Lipinski definition) is 1. The largest absolute Gasteiger partial charge is 0.469 e. The van der Waals surface area contributed by atoms with E-state index in [2.05, 4.69) is 29.5 Å². The lowest BCUT2D eigenvalue weighted by Gasteiger charge is -2.37. The number of ether oxygens (including phenoxy) is 2. The van der Waals surface area contributed by atoms with Crippen LogP contribution in [0.1, 0.15) is 49.3 Å². The van der Waals surface area contributed by atoms with Crippen molar-refractivity contribution in [3.8, 4) is 5.69 Å². The van der Waals surface area contributed by atoms with Crippen molar-refractivity contribution >= 4 is 11.9 Å². The van der Waals surface area contributed by atoms with E-state index >= 15 is 0 Å². The van der Waals surface area contributed by atoms with Crippen molar-refractivity contribution in [1.82, 2.24) is 25.2 Å². The maximum atomic E-state index is 13.9. The van der Waals surface area contributed by atoms with E-state index < -0.39 is 0 Å². The fourth-order valence-electron chi connectivity index (χ4n) is 4.44. The Morgan fingerprint density at radius 3 is 2.62 bits per heavy atom. The molecule has 1 aliphatic rings. The van der Waals surface area contributed by atoms with Crippen molar-refractivity contribution in [3.63, 3.8) is 0 Å². The van der Waals surface area contributed by atoms with Crippen molar-refractivity contribution in [1.29, 1.82) is 0 Å². The molecule has 9 heteroatoms. The monoisotopic (exact) mass is 471 g/mol. The molecule has 1 fully saturated rings. The zero-order valence-corrected chi connectivity index (χ0v) is 20.7. The Morgan fingerprint density at radius 2 is 1.94 bits per heavy atom. The summed E-state index contributed by atoms with van der Waals surface area (Å²) in [7, 11) is 3.09. The van der Waals surface area contributed by atoms with Gasteiger partial charge in [0.25, 0.3) is 5.91 Å². The molecule has 1 saturated heterocycles. The number of rotatable bonds is 11. The Morgan fingerprint density at radius 1 is 1.18 bits per heavy atom. The molecule has 1 aromatic heterocycles. The summed E-state index contributed by atoms with van der Waals surface area (Å²) in [5, 5.41) is 12.0. The lowest BCUT2D eigenvalue weighted by Crippen LogP contribution is -2.53. The normalized spacial score (nSPS) is 18.1. The lowest BCUT2D eigenvalue weighted by atomic mass is 9.93. The second kappa shape index (κ2) is 12.6. The number of hydrogen-bond acceptors (Lipinski definition) is 7. The topological polar surface area (TPSA) is 98.6 Å². The summed E-state index contributed by atoms with van der Waals surface area (Å²) in [4.78, 5) is 28.0. The van der Waals surface area contributed by atoms with Gasteiger partial charge in [-0.1, -0.05) is 37.3 Å². The third-order valence-electron chi connectivity index (χ3n) is 6.10. The van der Waals surface area contributed by atoms with Gasteiger partial charge in [-0.25, -0.2) is 4.68 Å². The number of amides is 1. The Bertz CT molecular complexity index is 931. The fraction of sp³-hybridized carbons (Fsp3) is 0.600. The first-order valence-corrected chi connectivity index (χ1v) is 12.0. The van der Waals surface area contributed by atoms with Gasteiger partial charge < -0.3 is 19.7 Å². The Hall–Kier alpha value is -2.78. The van der Waals surface area contributed by atoms with Gasteiger partial charge in [-0.2, -0.15) is 0 Å². The van der Waals surface area contributed by atoms with E-state index in [0.29, 0.717) is 44.8 Å². The van der Waals surface area contributed by atoms with Crippen LogP contribution in [-0.4, -0.2) is 78.3 Å². The summed E-state index contributed by atoms with van der Waals surface area (Å²) in [6, 6.07) is 9.62. The van der Waals surface area contributed by atoms with E-state index in [9.17, 15) is 9.59 Å². The number of methoxy groups -OCH3 is 2. The molecule has 2 heterocycles. The standard InChI is InChI=1S/C25H37N5O4/c1-18(2)17-29(21-14-19(15-26-16-21)25(32)34-4)24(31)23-22(12-8-9-13-33-3)30(28-27-23)20-10-6-5-7-11-20/h5-7,10-11,18-19,21,26H,8-9,12-17H2,1-4H3/t19-,21+/m1/s1. The molecular weight excluding hydrogens is 434 g/mol. The van der Waals surface area contributed by atoms with Gasteiger partial charge in [-0.05, 0) is 43.7 Å². The number of carbonyl (C=O) groups is 2. The van der Waals surface area contributed by atoms with Crippen LogP contribution in [0.15, 0.2) is 30.3 Å². The summed E-state index contributed by atoms with van der Waals surface area (Å²) in [6.07, 6.45) is 2.96. The van der Waals surface area contributed by atoms with Crippen molar-refractivity contribution in [2.75, 3.05) is 40.5 Å². The molecule has 1 aliphatic heterocycles. The van der Waals surface area contributed by atoms with E-state index in [1.54, 1.807) is 11.8 Å². The molecule has 1 aromatic carbocycles. The molecule has 2 atom stereocenters. The van der Waals surface area contributed by atoms with Gasteiger partial charge in [0.05, 0.1) is 24.4 Å². The number of esters is 1. The zero-order valence-electron chi connectivity index (χ0n) is 20.7. The molecule has 0 saturated carbocycles. The minimum absolute atomic E-state index is 0.129. The van der Waals surface area contributed by atoms with Crippen LogP contribution in [-0.2, 0) is 20.7 Å². The molecule has 0 unspecified atom stereocenters. The minimum atomic E-state index is -0.278. The molecule has 9 nitrogen and oxygen atoms in total. The molecule has 34 heavy (non-hydrogen) atoms. The molecule has 0 spiro atoms. The second-order valence-electron chi connectivity index (χ2n) is 9.20. The Labute approximate surface area is 201 Å². The predicted molar refractivity (Wildman–Crippen MR) is 129 cm³/mol. The van der Waals surface area contributed by atoms with E-state index in [0.717, 1.165) is 24.2 Å². The third kappa shape index (κ3) is 6.42. The number of piperidine rings is 1. The first kappa shape index (κ1) is 25.8. The first-order valence-electron chi connectivity index (χ1n) is 12.0. The molecule has 0 bridgehead atoms. The molecule has 2 aromatic rings. The van der Waals surface area contributed by atoms with Crippen molar-refractivity contribution < 1.29 is 19.1 Å². The number of benzene rings is 1. The quantitative estimate of drug-likeness (QED) is 0.397. The molecule has 0 aliphatic carbocycles. The maximum Gasteiger partial charge on any atom is 0.310 e. The van der Waals surface area contributed by atoms with Crippen LogP contribution in [0.4, 0.5) is 0 Å². The highest BCUT2D eigenvalue weighted by atomic mass is 16.5. The van der Waals surface area contributed by atoms with Crippen molar-refractivity contribution in [3.05, 3.63) is 41.7 Å². The van der Waals surface area contributed by atoms with Crippen LogP contribution < -0.4 is 5.32 Å². The van der Waals surface area contributed by atoms with Crippen LogP contribution in [0.25, 0.3) is 5.69 Å². The smallest absolute Gasteiger partial charge is 0.310 e. The number of para-hydroxylation sites is 1. The zero-order chi connectivity index (χ0) is 24.5. The molecule has 0 radical (unpaired) electrons. The first-order chi connectivity index (χ1) is 16.5. The summed E-state index contributed by atoms with van der Waals surface area (Å²) in [5.74, 6) is -0.408. The average molecular weight is 472 g/mol. The highest BCUT2D eigenvalue weighted by Gasteiger charge is 2.35. The highest BCUT2D eigenvalue weighted by molar-refractivity contribution is 5.93. The Kier molecular flexibility index (Phi) is 9.59. The maximum absolute atomic E-state index is 13.9. The molecule has 186 valence electrons. The van der Waals surface area contributed by atoms with Gasteiger partial charge in [0.15, 0.2) is 5.69 Å². The number of carbonyl (C=O) groups excluding carboxylic acids is 2. The summed E-state index contributed by atoms with van der Waals surface area (Å²) < 4.78 is 11.9. The predicted octanol–water partition coefficient (Wildman–Crippen LogP) is 2.49. The summed E-state index contributed by atoms with van der Waals surface area (Å²) in [5.41, 5.74) is 2.05. The van der Waals surface area contributed by atoms with Gasteiger partial charge in [-0.3, -0.25) is 9.59 Å². The summed E-state index contributed by atoms with van der Waals surface area (Å²) >= 11 is 0. The average Bonchev–Trinajstić information content (AvgIpc) is 3.28. The van der Waals surface area contributed by atoms with E-state index in [1.807, 2.05) is 35.2 Å². The van der Waals surface area contributed by atoms with Crippen LogP contribution >= 0.6 is 0 Å². The molecular formula is C25H37N5O4. The van der Waals surface area contributed by atoms with Crippen LogP contribution in [0.3, 0.4) is 0 Å². The van der Waals surface area contributed by atoms with E-state index in [4.69, 9.17) is 9.47 Å². The van der Waals surface area contributed by atoms with Crippen LogP contribution in [0.2, 0.25) is 0 Å². The molecule has 1 amide bonds. The molecule has 1 N–H and O–H groups in total. The third-order valence-corrected chi connectivity index (χ3v) is 6.10. The van der Waals surface area contributed by atoms with Crippen molar-refractivity contribution in [2.45, 2.75) is 45.6 Å². The highest BCUT2D eigenvalue weighted by Crippen LogP contribution is 2.23.